The van der Waals surface area contributed by atoms with Crippen LogP contribution >= 0.6 is 11.3 Å². The Balaban J connectivity index is 1.54. The van der Waals surface area contributed by atoms with Gasteiger partial charge >= 0.3 is 0 Å². The average molecular weight is 336 g/mol. The van der Waals surface area contributed by atoms with Gasteiger partial charge in [0.2, 0.25) is 10.1 Å². The molecular weight excluding hydrogens is 320 g/mol. The topological polar surface area (TPSA) is 51.5 Å². The zero-order valence-corrected chi connectivity index (χ0v) is 14.0. The van der Waals surface area contributed by atoms with Gasteiger partial charge in [0.25, 0.3) is 0 Å². The number of hydrogen-bond acceptors (Lipinski definition) is 5. The summed E-state index contributed by atoms with van der Waals surface area (Å²) in [6.07, 6.45) is 1.86. The van der Waals surface area contributed by atoms with Crippen LogP contribution in [-0.4, -0.2) is 21.7 Å². The molecule has 0 radical (unpaired) electrons. The van der Waals surface area contributed by atoms with Crippen molar-refractivity contribution in [3.05, 3.63) is 66.4 Å². The maximum absolute atomic E-state index is 5.17. The summed E-state index contributed by atoms with van der Waals surface area (Å²) in [5, 5.41) is 8.85. The quantitative estimate of drug-likeness (QED) is 0.597. The Bertz CT molecular complexity index is 944. The first-order chi connectivity index (χ1) is 11.8. The summed E-state index contributed by atoms with van der Waals surface area (Å²) in [4.78, 5) is 5.34. The number of nitrogens with one attached hydrogen (secondary N) is 1. The van der Waals surface area contributed by atoms with Crippen LogP contribution in [0, 0.1) is 0 Å². The van der Waals surface area contributed by atoms with Crippen molar-refractivity contribution >= 4 is 21.4 Å². The highest BCUT2D eigenvalue weighted by atomic mass is 32.1. The second-order valence-electron chi connectivity index (χ2n) is 5.31. The highest BCUT2D eigenvalue weighted by Gasteiger charge is 2.11. The summed E-state index contributed by atoms with van der Waals surface area (Å²) in [7, 11) is 1.67. The Morgan fingerprint density at radius 3 is 2.62 bits per heavy atom. The molecule has 0 amide bonds. The maximum atomic E-state index is 5.17. The van der Waals surface area contributed by atoms with Crippen molar-refractivity contribution in [1.82, 2.24) is 14.6 Å². The Kier molecular flexibility index (Phi) is 3.88. The van der Waals surface area contributed by atoms with Crippen LogP contribution in [0.4, 0.5) is 5.13 Å². The van der Waals surface area contributed by atoms with Gasteiger partial charge in [0.1, 0.15) is 5.75 Å². The molecule has 5 nitrogen and oxygen atoms in total. The number of imidazole rings is 1. The van der Waals surface area contributed by atoms with Crippen LogP contribution in [0.2, 0.25) is 0 Å². The molecule has 120 valence electrons. The van der Waals surface area contributed by atoms with Gasteiger partial charge in [-0.05, 0) is 17.7 Å². The second-order valence-corrected chi connectivity index (χ2v) is 6.27. The van der Waals surface area contributed by atoms with E-state index in [-0.39, 0.29) is 0 Å². The van der Waals surface area contributed by atoms with E-state index in [0.29, 0.717) is 6.54 Å². The molecule has 0 unspecified atom stereocenters. The largest absolute Gasteiger partial charge is 0.497 e. The van der Waals surface area contributed by atoms with Crippen molar-refractivity contribution in [3.8, 4) is 17.0 Å². The van der Waals surface area contributed by atoms with E-state index in [0.717, 1.165) is 27.1 Å². The van der Waals surface area contributed by atoms with E-state index in [9.17, 15) is 0 Å². The zero-order chi connectivity index (χ0) is 16.4. The number of methoxy groups -OCH3 is 1. The summed E-state index contributed by atoms with van der Waals surface area (Å²) in [6.45, 7) is 0.710. The van der Waals surface area contributed by atoms with Gasteiger partial charge in [0, 0.05) is 12.1 Å². The summed E-state index contributed by atoms with van der Waals surface area (Å²) < 4.78 is 7.06. The van der Waals surface area contributed by atoms with Crippen LogP contribution < -0.4 is 10.1 Å². The van der Waals surface area contributed by atoms with E-state index in [1.54, 1.807) is 18.4 Å². The summed E-state index contributed by atoms with van der Waals surface area (Å²) in [5.41, 5.74) is 3.28. The van der Waals surface area contributed by atoms with E-state index in [4.69, 9.17) is 4.74 Å². The molecule has 0 bridgehead atoms. The molecule has 4 aromatic rings. The number of nitrogens with zero attached hydrogens (tertiary/aromatic N) is 3. The molecule has 1 N–H and O–H groups in total. The lowest BCUT2D eigenvalue weighted by molar-refractivity contribution is 0.414. The molecule has 0 aliphatic heterocycles. The molecule has 0 atom stereocenters. The summed E-state index contributed by atoms with van der Waals surface area (Å²) >= 11 is 1.54. The molecule has 0 spiro atoms. The van der Waals surface area contributed by atoms with Gasteiger partial charge in [0.05, 0.1) is 19.0 Å². The Morgan fingerprint density at radius 2 is 1.88 bits per heavy atom. The van der Waals surface area contributed by atoms with Gasteiger partial charge in [-0.2, -0.15) is 0 Å². The zero-order valence-electron chi connectivity index (χ0n) is 13.1. The van der Waals surface area contributed by atoms with Gasteiger partial charge in [-0.3, -0.25) is 0 Å². The molecule has 4 rings (SSSR count). The van der Waals surface area contributed by atoms with E-state index < -0.39 is 0 Å². The van der Waals surface area contributed by atoms with E-state index in [1.165, 1.54) is 5.56 Å². The predicted molar refractivity (Wildman–Crippen MR) is 96.6 cm³/mol. The normalized spacial score (nSPS) is 10.9. The van der Waals surface area contributed by atoms with Crippen molar-refractivity contribution in [2.45, 2.75) is 6.54 Å². The third kappa shape index (κ3) is 2.83. The molecule has 2 aromatic carbocycles. The van der Waals surface area contributed by atoms with Gasteiger partial charge in [-0.15, -0.1) is 5.10 Å². The molecule has 24 heavy (non-hydrogen) atoms. The van der Waals surface area contributed by atoms with Gasteiger partial charge in [0.15, 0.2) is 0 Å². The van der Waals surface area contributed by atoms with Crippen molar-refractivity contribution in [2.24, 2.45) is 0 Å². The Morgan fingerprint density at radius 1 is 1.08 bits per heavy atom. The molecule has 0 saturated carbocycles. The average Bonchev–Trinajstić information content (AvgIpc) is 3.21. The minimum Gasteiger partial charge on any atom is -0.497 e. The van der Waals surface area contributed by atoms with Crippen LogP contribution in [0.3, 0.4) is 0 Å². The third-order valence-electron chi connectivity index (χ3n) is 3.76. The molecule has 6 heteroatoms. The highest BCUT2D eigenvalue weighted by molar-refractivity contribution is 7.20. The summed E-state index contributed by atoms with van der Waals surface area (Å²) in [5.74, 6) is 0.860. The first kappa shape index (κ1) is 14.7. The lowest BCUT2D eigenvalue weighted by Gasteiger charge is -2.04. The van der Waals surface area contributed by atoms with Gasteiger partial charge in [-0.25, -0.2) is 9.50 Å². The monoisotopic (exact) mass is 336 g/mol. The number of anilines is 1. The molecule has 0 fully saturated rings. The van der Waals surface area contributed by atoms with Gasteiger partial charge < -0.3 is 10.1 Å². The lowest BCUT2D eigenvalue weighted by Crippen LogP contribution is -2.00. The third-order valence-corrected chi connectivity index (χ3v) is 4.64. The molecule has 0 aliphatic carbocycles. The first-order valence-electron chi connectivity index (χ1n) is 7.60. The number of ether oxygens (including phenoxy) is 1. The van der Waals surface area contributed by atoms with E-state index in [1.807, 2.05) is 53.2 Å². The van der Waals surface area contributed by atoms with Gasteiger partial charge in [-0.1, -0.05) is 53.8 Å². The smallest absolute Gasteiger partial charge is 0.214 e. The highest BCUT2D eigenvalue weighted by Crippen LogP contribution is 2.26. The minimum absolute atomic E-state index is 0.710. The molecule has 2 heterocycles. The van der Waals surface area contributed by atoms with Crippen molar-refractivity contribution in [3.63, 3.8) is 0 Å². The Labute approximate surface area is 143 Å². The van der Waals surface area contributed by atoms with Crippen LogP contribution in [0.1, 0.15) is 5.56 Å². The molecule has 0 aliphatic rings. The van der Waals surface area contributed by atoms with Crippen molar-refractivity contribution < 1.29 is 4.74 Å². The second kappa shape index (κ2) is 6.33. The van der Waals surface area contributed by atoms with E-state index in [2.05, 4.69) is 27.5 Å². The molecular formula is C18H16N4OS. The number of aromatic nitrogens is 3. The minimum atomic E-state index is 0.710. The van der Waals surface area contributed by atoms with E-state index >= 15 is 0 Å². The van der Waals surface area contributed by atoms with Crippen molar-refractivity contribution in [1.29, 1.82) is 0 Å². The van der Waals surface area contributed by atoms with Crippen LogP contribution in [0.25, 0.3) is 16.2 Å². The van der Waals surface area contributed by atoms with Crippen LogP contribution in [-0.2, 0) is 6.54 Å². The molecule has 2 aromatic heterocycles. The fraction of sp³-hybridized carbons (Fsp3) is 0.111. The van der Waals surface area contributed by atoms with Crippen LogP contribution in [0.5, 0.6) is 5.75 Å². The first-order valence-corrected chi connectivity index (χ1v) is 8.42. The Hall–Kier alpha value is -2.86. The predicted octanol–water partition coefficient (Wildman–Crippen LogP) is 4.08. The summed E-state index contributed by atoms with van der Waals surface area (Å²) in [6, 6.07) is 18.2. The molecule has 0 saturated heterocycles. The standard InChI is InChI=1S/C18H16N4OS/c1-23-15-9-7-13(8-10-15)11-19-17-21-22-16(12-20-18(22)24-17)14-5-3-2-4-6-14/h2-10,12H,11H2,1H3,(H,19,21). The number of fused-ring (bicyclic) bond motifs is 1. The number of benzene rings is 2. The number of hydrogen-bond donors (Lipinski definition) is 1. The maximum Gasteiger partial charge on any atom is 0.214 e. The number of rotatable bonds is 5. The SMILES string of the molecule is COc1ccc(CNc2nn3c(-c4ccccc4)cnc3s2)cc1. The fourth-order valence-electron chi connectivity index (χ4n) is 2.49. The fourth-order valence-corrected chi connectivity index (χ4v) is 3.26. The lowest BCUT2D eigenvalue weighted by atomic mass is 10.2. The van der Waals surface area contributed by atoms with Crippen LogP contribution in [0.15, 0.2) is 60.8 Å². The van der Waals surface area contributed by atoms with Crippen molar-refractivity contribution in [2.75, 3.05) is 12.4 Å².